The van der Waals surface area contributed by atoms with E-state index >= 15 is 0 Å². The number of benzene rings is 1. The normalized spacial score (nSPS) is 9.41. The first-order valence-electron chi connectivity index (χ1n) is 4.96. The molecule has 0 fully saturated rings. The van der Waals surface area contributed by atoms with Crippen LogP contribution in [0.15, 0.2) is 12.1 Å². The van der Waals surface area contributed by atoms with Gasteiger partial charge in [-0.3, -0.25) is 4.79 Å². The first kappa shape index (κ1) is 13.1. The van der Waals surface area contributed by atoms with Gasteiger partial charge in [0, 0.05) is 6.07 Å². The van der Waals surface area contributed by atoms with E-state index in [4.69, 9.17) is 5.73 Å². The van der Waals surface area contributed by atoms with Crippen LogP contribution in [0.5, 0.6) is 0 Å². The molecule has 0 heterocycles. The van der Waals surface area contributed by atoms with E-state index in [1.165, 1.54) is 13.0 Å². The Kier molecular flexibility index (Phi) is 4.61. The molecule has 0 bridgehead atoms. The molecule has 1 rings (SSSR count). The van der Waals surface area contributed by atoms with Crippen LogP contribution in [-0.4, -0.2) is 19.0 Å². The highest BCUT2D eigenvalue weighted by Gasteiger charge is 2.04. The fourth-order valence-electron chi connectivity index (χ4n) is 1.11. The second-order valence-corrected chi connectivity index (χ2v) is 3.36. The fourth-order valence-corrected chi connectivity index (χ4v) is 1.11. The zero-order valence-electron chi connectivity index (χ0n) is 9.31. The lowest BCUT2D eigenvalue weighted by molar-refractivity contribution is -0.119. The van der Waals surface area contributed by atoms with Crippen molar-refractivity contribution in [1.29, 1.82) is 0 Å². The maximum atomic E-state index is 13.2. The zero-order chi connectivity index (χ0) is 12.8. The Hall–Kier alpha value is -1.93. The lowest BCUT2D eigenvalue weighted by Gasteiger charge is -1.99. The van der Waals surface area contributed by atoms with Gasteiger partial charge in [0.05, 0.1) is 18.7 Å². The molecular formula is C12H12F2N2O. The van der Waals surface area contributed by atoms with Crippen molar-refractivity contribution in [1.82, 2.24) is 5.32 Å². The van der Waals surface area contributed by atoms with Gasteiger partial charge in [0.2, 0.25) is 5.91 Å². The molecule has 5 heteroatoms. The first-order chi connectivity index (χ1) is 8.04. The summed E-state index contributed by atoms with van der Waals surface area (Å²) in [4.78, 5) is 10.8. The molecule has 0 aliphatic heterocycles. The number of amides is 1. The molecule has 0 spiro atoms. The maximum absolute atomic E-state index is 13.2. The number of halogens is 2. The molecule has 1 aromatic rings. The summed E-state index contributed by atoms with van der Waals surface area (Å²) in [5.74, 6) is 3.41. The predicted octanol–water partition coefficient (Wildman–Crippen LogP) is 0.700. The van der Waals surface area contributed by atoms with Crippen LogP contribution in [0.1, 0.15) is 11.1 Å². The molecule has 0 aromatic heterocycles. The molecule has 0 saturated heterocycles. The summed E-state index contributed by atoms with van der Waals surface area (Å²) >= 11 is 0. The van der Waals surface area contributed by atoms with Gasteiger partial charge in [-0.1, -0.05) is 11.8 Å². The standard InChI is InChI=1S/C12H12F2N2O/c1-8-5-9(11(14)6-10(8)13)3-2-4-16-12(17)7-15/h5-6H,4,7,15H2,1H3,(H,16,17). The maximum Gasteiger partial charge on any atom is 0.234 e. The molecule has 90 valence electrons. The molecule has 0 radical (unpaired) electrons. The van der Waals surface area contributed by atoms with Gasteiger partial charge in [-0.2, -0.15) is 0 Å². The van der Waals surface area contributed by atoms with E-state index in [-0.39, 0.29) is 24.6 Å². The number of hydrogen-bond acceptors (Lipinski definition) is 2. The van der Waals surface area contributed by atoms with Crippen molar-refractivity contribution < 1.29 is 13.6 Å². The molecule has 3 N–H and O–H groups in total. The van der Waals surface area contributed by atoms with Crippen LogP contribution >= 0.6 is 0 Å². The molecule has 0 saturated carbocycles. The molecular weight excluding hydrogens is 226 g/mol. The van der Waals surface area contributed by atoms with Crippen LogP contribution in [0, 0.1) is 30.4 Å². The SMILES string of the molecule is Cc1cc(C#CCNC(=O)CN)c(F)cc1F. The van der Waals surface area contributed by atoms with Gasteiger partial charge in [0.25, 0.3) is 0 Å². The van der Waals surface area contributed by atoms with Crippen LogP contribution in [0.4, 0.5) is 8.78 Å². The summed E-state index contributed by atoms with van der Waals surface area (Å²) in [6.07, 6.45) is 0. The molecule has 0 aliphatic rings. The number of aryl methyl sites for hydroxylation is 1. The van der Waals surface area contributed by atoms with Gasteiger partial charge in [-0.25, -0.2) is 8.78 Å². The van der Waals surface area contributed by atoms with Crippen molar-refractivity contribution in [2.75, 3.05) is 13.1 Å². The third kappa shape index (κ3) is 3.85. The summed E-state index contributed by atoms with van der Waals surface area (Å²) < 4.78 is 26.2. The van der Waals surface area contributed by atoms with E-state index in [1.54, 1.807) is 0 Å². The highest BCUT2D eigenvalue weighted by molar-refractivity contribution is 5.77. The Morgan fingerprint density at radius 1 is 1.41 bits per heavy atom. The number of carbonyl (C=O) groups excluding carboxylic acids is 1. The third-order valence-electron chi connectivity index (χ3n) is 2.03. The number of nitrogens with two attached hydrogens (primary N) is 1. The quantitative estimate of drug-likeness (QED) is 0.745. The Labute approximate surface area is 98.0 Å². The second-order valence-electron chi connectivity index (χ2n) is 3.36. The average molecular weight is 238 g/mol. The van der Waals surface area contributed by atoms with Gasteiger partial charge in [-0.15, -0.1) is 0 Å². The van der Waals surface area contributed by atoms with Crippen LogP contribution in [0.2, 0.25) is 0 Å². The van der Waals surface area contributed by atoms with Crippen molar-refractivity contribution in [3.63, 3.8) is 0 Å². The van der Waals surface area contributed by atoms with Crippen molar-refractivity contribution in [2.24, 2.45) is 5.73 Å². The molecule has 0 unspecified atom stereocenters. The highest BCUT2D eigenvalue weighted by Crippen LogP contribution is 2.12. The summed E-state index contributed by atoms with van der Waals surface area (Å²) in [6.45, 7) is 1.48. The average Bonchev–Trinajstić information content (AvgIpc) is 2.30. The monoisotopic (exact) mass is 238 g/mol. The van der Waals surface area contributed by atoms with E-state index in [2.05, 4.69) is 17.2 Å². The molecule has 0 aliphatic carbocycles. The highest BCUT2D eigenvalue weighted by atomic mass is 19.1. The van der Waals surface area contributed by atoms with Gasteiger partial charge in [0.1, 0.15) is 11.6 Å². The number of hydrogen-bond donors (Lipinski definition) is 2. The number of nitrogens with one attached hydrogen (secondary N) is 1. The van der Waals surface area contributed by atoms with E-state index in [1.807, 2.05) is 0 Å². The molecule has 0 atom stereocenters. The summed E-state index contributed by atoms with van der Waals surface area (Å²) in [6, 6.07) is 2.11. The Morgan fingerprint density at radius 3 is 2.76 bits per heavy atom. The van der Waals surface area contributed by atoms with Crippen molar-refractivity contribution in [3.05, 3.63) is 34.9 Å². The van der Waals surface area contributed by atoms with Crippen molar-refractivity contribution >= 4 is 5.91 Å². The lowest BCUT2D eigenvalue weighted by atomic mass is 10.1. The van der Waals surface area contributed by atoms with E-state index < -0.39 is 11.6 Å². The summed E-state index contributed by atoms with van der Waals surface area (Å²) in [5.41, 5.74) is 5.49. The van der Waals surface area contributed by atoms with Gasteiger partial charge >= 0.3 is 0 Å². The third-order valence-corrected chi connectivity index (χ3v) is 2.03. The van der Waals surface area contributed by atoms with Crippen LogP contribution in [0.3, 0.4) is 0 Å². The fraction of sp³-hybridized carbons (Fsp3) is 0.250. The Bertz CT molecular complexity index is 489. The largest absolute Gasteiger partial charge is 0.344 e. The Balaban J connectivity index is 2.72. The lowest BCUT2D eigenvalue weighted by Crippen LogP contribution is -2.30. The number of carbonyl (C=O) groups is 1. The molecule has 17 heavy (non-hydrogen) atoms. The molecule has 1 amide bonds. The Morgan fingerprint density at radius 2 is 2.12 bits per heavy atom. The van der Waals surface area contributed by atoms with E-state index in [9.17, 15) is 13.6 Å². The summed E-state index contributed by atoms with van der Waals surface area (Å²) in [7, 11) is 0. The van der Waals surface area contributed by atoms with Crippen LogP contribution < -0.4 is 11.1 Å². The van der Waals surface area contributed by atoms with E-state index in [0.29, 0.717) is 5.56 Å². The minimum atomic E-state index is -0.717. The minimum absolute atomic E-state index is 0.0753. The second kappa shape index (κ2) is 5.97. The van der Waals surface area contributed by atoms with Gasteiger partial charge in [0.15, 0.2) is 0 Å². The topological polar surface area (TPSA) is 55.1 Å². The van der Waals surface area contributed by atoms with Crippen molar-refractivity contribution in [2.45, 2.75) is 6.92 Å². The van der Waals surface area contributed by atoms with Crippen LogP contribution in [-0.2, 0) is 4.79 Å². The van der Waals surface area contributed by atoms with E-state index in [0.717, 1.165) is 6.07 Å². The zero-order valence-corrected chi connectivity index (χ0v) is 9.31. The van der Waals surface area contributed by atoms with Crippen molar-refractivity contribution in [3.8, 4) is 11.8 Å². The minimum Gasteiger partial charge on any atom is -0.344 e. The number of rotatable bonds is 2. The smallest absolute Gasteiger partial charge is 0.234 e. The predicted molar refractivity (Wildman–Crippen MR) is 60.0 cm³/mol. The van der Waals surface area contributed by atoms with Gasteiger partial charge in [-0.05, 0) is 18.6 Å². The van der Waals surface area contributed by atoms with Crippen LogP contribution in [0.25, 0.3) is 0 Å². The molecule has 1 aromatic carbocycles. The molecule has 3 nitrogen and oxygen atoms in total. The van der Waals surface area contributed by atoms with Gasteiger partial charge < -0.3 is 11.1 Å². The summed E-state index contributed by atoms with van der Waals surface area (Å²) in [5, 5.41) is 2.41. The first-order valence-corrected chi connectivity index (χ1v) is 4.96.